The van der Waals surface area contributed by atoms with E-state index in [1.165, 1.54) is 16.9 Å². The molecule has 0 bridgehead atoms. The van der Waals surface area contributed by atoms with Gasteiger partial charge in [0.15, 0.2) is 5.01 Å². The van der Waals surface area contributed by atoms with E-state index in [0.717, 1.165) is 73.3 Å². The molecule has 232 valence electrons. The molecule has 0 spiro atoms. The fraction of sp³-hybridized carbons (Fsp3) is 0.471. The average Bonchev–Trinajstić information content (AvgIpc) is 3.43. The number of carbonyl (C=O) groups excluding carboxylic acids is 1. The fourth-order valence-corrected chi connectivity index (χ4v) is 6.98. The first-order valence-corrected chi connectivity index (χ1v) is 16.4. The number of aromatic nitrogens is 3. The molecule has 0 radical (unpaired) electrons. The van der Waals surface area contributed by atoms with Crippen LogP contribution in [0.2, 0.25) is 0 Å². The Kier molecular flexibility index (Phi) is 8.84. The molecule has 9 nitrogen and oxygen atoms in total. The highest BCUT2D eigenvalue weighted by Gasteiger charge is 2.30. The predicted molar refractivity (Wildman–Crippen MR) is 171 cm³/mol. The van der Waals surface area contributed by atoms with Crippen LogP contribution in [-0.2, 0) is 12.8 Å². The Morgan fingerprint density at radius 1 is 1.11 bits per heavy atom. The number of aliphatic hydroxyl groups excluding tert-OH is 1. The van der Waals surface area contributed by atoms with Crippen molar-refractivity contribution >= 4 is 27.6 Å². The number of nitrogens with one attached hydrogen (secondary N) is 1. The van der Waals surface area contributed by atoms with Gasteiger partial charge in [0, 0.05) is 37.6 Å². The summed E-state index contributed by atoms with van der Waals surface area (Å²) in [5, 5.41) is 23.1. The quantitative estimate of drug-likeness (QED) is 0.219. The standard InChI is InChI=1S/C34H41N5O4S/c1-34(2,3)23-5-10-27-22(18-23)19-29-32(37-27)44-33(38-29)31(42)36-28(14-17-39-15-12-25(41)13-16-39)21-4-11-30(35-20-21)43-26-8-6-24(40)7-9-26/h4,6-9,11,19-20,23,25,28,40-41H,5,10,12-18H2,1-3H3,(H,36,42)/t23-,28+/m0/s1. The molecule has 6 rings (SSSR count). The minimum atomic E-state index is -0.287. The number of fused-ring (bicyclic) bond motifs is 2. The number of amides is 1. The number of carbonyl (C=O) groups is 1. The van der Waals surface area contributed by atoms with Crippen LogP contribution in [0.5, 0.6) is 17.4 Å². The van der Waals surface area contributed by atoms with Gasteiger partial charge in [0.05, 0.1) is 12.1 Å². The van der Waals surface area contributed by atoms with Gasteiger partial charge in [-0.25, -0.2) is 15.0 Å². The van der Waals surface area contributed by atoms with Crippen molar-refractivity contribution in [2.75, 3.05) is 19.6 Å². The van der Waals surface area contributed by atoms with Gasteiger partial charge in [-0.3, -0.25) is 4.79 Å². The molecule has 2 atom stereocenters. The van der Waals surface area contributed by atoms with Crippen molar-refractivity contribution in [1.82, 2.24) is 25.2 Å². The van der Waals surface area contributed by atoms with Gasteiger partial charge in [-0.1, -0.05) is 38.2 Å². The predicted octanol–water partition coefficient (Wildman–Crippen LogP) is 6.05. The molecule has 1 fully saturated rings. The van der Waals surface area contributed by atoms with Crippen LogP contribution in [0.15, 0.2) is 48.7 Å². The van der Waals surface area contributed by atoms with E-state index in [0.29, 0.717) is 29.0 Å². The third kappa shape index (κ3) is 7.20. The minimum Gasteiger partial charge on any atom is -0.508 e. The summed E-state index contributed by atoms with van der Waals surface area (Å²) in [7, 11) is 0. The summed E-state index contributed by atoms with van der Waals surface area (Å²) in [5.41, 5.74) is 4.30. The number of benzene rings is 1. The van der Waals surface area contributed by atoms with Gasteiger partial charge in [-0.2, -0.15) is 0 Å². The average molecular weight is 616 g/mol. The maximum absolute atomic E-state index is 13.6. The Labute approximate surface area is 262 Å². The number of aryl methyl sites for hydroxylation is 1. The van der Waals surface area contributed by atoms with Crippen LogP contribution in [0, 0.1) is 11.3 Å². The first-order chi connectivity index (χ1) is 21.1. The Bertz CT molecular complexity index is 1590. The van der Waals surface area contributed by atoms with E-state index in [4.69, 9.17) is 14.7 Å². The molecule has 3 N–H and O–H groups in total. The lowest BCUT2D eigenvalue weighted by molar-refractivity contribution is 0.0795. The maximum Gasteiger partial charge on any atom is 0.280 e. The van der Waals surface area contributed by atoms with Crippen molar-refractivity contribution in [1.29, 1.82) is 0 Å². The lowest BCUT2D eigenvalue weighted by Gasteiger charge is -2.34. The fourth-order valence-electron chi connectivity index (χ4n) is 6.14. The summed E-state index contributed by atoms with van der Waals surface area (Å²) < 4.78 is 5.83. The van der Waals surface area contributed by atoms with Crippen LogP contribution in [0.1, 0.15) is 79.1 Å². The summed E-state index contributed by atoms with van der Waals surface area (Å²) in [6, 6.07) is 12.0. The van der Waals surface area contributed by atoms with Crippen LogP contribution in [0.3, 0.4) is 0 Å². The van der Waals surface area contributed by atoms with E-state index in [2.05, 4.69) is 42.0 Å². The summed E-state index contributed by atoms with van der Waals surface area (Å²) in [5.74, 6) is 1.54. The van der Waals surface area contributed by atoms with Gasteiger partial charge in [-0.15, -0.1) is 0 Å². The number of hydrogen-bond acceptors (Lipinski definition) is 9. The molecule has 4 heterocycles. The van der Waals surface area contributed by atoms with Crippen LogP contribution in [0.25, 0.3) is 10.3 Å². The van der Waals surface area contributed by atoms with Gasteiger partial charge in [0.1, 0.15) is 21.8 Å². The first kappa shape index (κ1) is 30.4. The molecule has 2 aliphatic rings. The van der Waals surface area contributed by atoms with E-state index in [-0.39, 0.29) is 29.2 Å². The minimum absolute atomic E-state index is 0.167. The largest absolute Gasteiger partial charge is 0.508 e. The van der Waals surface area contributed by atoms with Crippen molar-refractivity contribution in [3.63, 3.8) is 0 Å². The Hall–Kier alpha value is -3.60. The summed E-state index contributed by atoms with van der Waals surface area (Å²) >= 11 is 1.35. The highest BCUT2D eigenvalue weighted by molar-refractivity contribution is 7.19. The van der Waals surface area contributed by atoms with Crippen LogP contribution in [-0.4, -0.2) is 61.7 Å². The lowest BCUT2D eigenvalue weighted by atomic mass is 9.71. The number of ether oxygens (including phenoxy) is 1. The molecule has 0 saturated carbocycles. The zero-order valence-electron chi connectivity index (χ0n) is 25.6. The number of likely N-dealkylation sites (tertiary alicyclic amines) is 1. The molecule has 0 unspecified atom stereocenters. The van der Waals surface area contributed by atoms with Crippen LogP contribution >= 0.6 is 11.3 Å². The Morgan fingerprint density at radius 3 is 2.59 bits per heavy atom. The Balaban J connectivity index is 1.19. The third-order valence-electron chi connectivity index (χ3n) is 8.98. The van der Waals surface area contributed by atoms with Crippen molar-refractivity contribution in [3.05, 3.63) is 70.5 Å². The topological polar surface area (TPSA) is 121 Å². The highest BCUT2D eigenvalue weighted by atomic mass is 32.1. The molecular formula is C34H41N5O4S. The number of hydrogen-bond donors (Lipinski definition) is 3. The van der Waals surface area contributed by atoms with Gasteiger partial charge in [0.2, 0.25) is 5.88 Å². The first-order valence-electron chi connectivity index (χ1n) is 15.5. The monoisotopic (exact) mass is 615 g/mol. The number of aliphatic hydroxyl groups is 1. The highest BCUT2D eigenvalue weighted by Crippen LogP contribution is 2.38. The number of piperidine rings is 1. The molecule has 1 amide bonds. The van der Waals surface area contributed by atoms with Gasteiger partial charge in [-0.05, 0) is 91.3 Å². The van der Waals surface area contributed by atoms with E-state index in [1.54, 1.807) is 36.5 Å². The normalized spacial score (nSPS) is 18.6. The number of phenols is 1. The van der Waals surface area contributed by atoms with E-state index < -0.39 is 0 Å². The SMILES string of the molecule is CC(C)(C)[C@H]1CCc2nc3sc(C(=O)N[C@H](CCN4CCC(O)CC4)c4ccc(Oc5ccc(O)cc5)nc4)nc3cc2C1. The number of thiazole rings is 1. The third-order valence-corrected chi connectivity index (χ3v) is 9.95. The smallest absolute Gasteiger partial charge is 0.280 e. The van der Waals surface area contributed by atoms with Crippen LogP contribution < -0.4 is 10.1 Å². The zero-order chi connectivity index (χ0) is 30.8. The van der Waals surface area contributed by atoms with Crippen molar-refractivity contribution in [3.8, 4) is 17.4 Å². The molecule has 10 heteroatoms. The van der Waals surface area contributed by atoms with E-state index in [9.17, 15) is 15.0 Å². The van der Waals surface area contributed by atoms with E-state index >= 15 is 0 Å². The van der Waals surface area contributed by atoms with Gasteiger partial charge < -0.3 is 25.2 Å². The van der Waals surface area contributed by atoms with Crippen molar-refractivity contribution in [2.24, 2.45) is 11.3 Å². The van der Waals surface area contributed by atoms with Crippen molar-refractivity contribution < 1.29 is 19.7 Å². The van der Waals surface area contributed by atoms with Gasteiger partial charge in [0.25, 0.3) is 5.91 Å². The lowest BCUT2D eigenvalue weighted by Crippen LogP contribution is -2.38. The molecule has 3 aromatic heterocycles. The number of rotatable bonds is 8. The molecule has 1 aliphatic carbocycles. The Morgan fingerprint density at radius 2 is 1.89 bits per heavy atom. The number of aromatic hydroxyl groups is 1. The van der Waals surface area contributed by atoms with Gasteiger partial charge >= 0.3 is 0 Å². The summed E-state index contributed by atoms with van der Waals surface area (Å²) in [6.07, 6.45) is 6.81. The molecule has 1 aliphatic heterocycles. The summed E-state index contributed by atoms with van der Waals surface area (Å²) in [4.78, 5) is 30.9. The molecule has 1 aromatic carbocycles. The second kappa shape index (κ2) is 12.8. The molecule has 1 saturated heterocycles. The number of pyridine rings is 2. The number of phenolic OH excluding ortho intramolecular Hbond substituents is 1. The molecule has 4 aromatic rings. The van der Waals surface area contributed by atoms with Crippen LogP contribution in [0.4, 0.5) is 0 Å². The second-order valence-electron chi connectivity index (χ2n) is 13.2. The second-order valence-corrected chi connectivity index (χ2v) is 14.1. The number of nitrogens with zero attached hydrogens (tertiary/aromatic N) is 4. The summed E-state index contributed by atoms with van der Waals surface area (Å²) in [6.45, 7) is 9.37. The van der Waals surface area contributed by atoms with E-state index in [1.807, 2.05) is 6.07 Å². The zero-order valence-corrected chi connectivity index (χ0v) is 26.4. The molecular weight excluding hydrogens is 574 g/mol. The molecule has 44 heavy (non-hydrogen) atoms. The maximum atomic E-state index is 13.6. The van der Waals surface area contributed by atoms with Crippen molar-refractivity contribution in [2.45, 2.75) is 71.4 Å².